The van der Waals surface area contributed by atoms with E-state index in [1.807, 2.05) is 0 Å². The molecule has 0 bridgehead atoms. The first-order valence-corrected chi connectivity index (χ1v) is 7.70. The van der Waals surface area contributed by atoms with Crippen molar-refractivity contribution < 1.29 is 4.74 Å². The first kappa shape index (κ1) is 14.4. The smallest absolute Gasteiger partial charge is 0.122 e. The summed E-state index contributed by atoms with van der Waals surface area (Å²) in [7, 11) is 2.10. The maximum atomic E-state index is 5.56. The second-order valence-electron chi connectivity index (χ2n) is 5.55. The van der Waals surface area contributed by atoms with E-state index in [2.05, 4.69) is 44.4 Å². The van der Waals surface area contributed by atoms with Crippen LogP contribution in [0.2, 0.25) is 0 Å². The van der Waals surface area contributed by atoms with Crippen LogP contribution in [-0.4, -0.2) is 19.7 Å². The molecule has 1 N–H and O–H groups in total. The lowest BCUT2D eigenvalue weighted by Gasteiger charge is -2.25. The highest BCUT2D eigenvalue weighted by molar-refractivity contribution is 5.39. The lowest BCUT2D eigenvalue weighted by atomic mass is 9.89. The Kier molecular flexibility index (Phi) is 5.26. The zero-order chi connectivity index (χ0) is 13.7. The van der Waals surface area contributed by atoms with E-state index in [0.717, 1.165) is 31.1 Å². The van der Waals surface area contributed by atoms with Gasteiger partial charge in [0.25, 0.3) is 0 Å². The third-order valence-corrected chi connectivity index (χ3v) is 4.49. The molecule has 0 saturated heterocycles. The molecule has 1 heterocycles. The summed E-state index contributed by atoms with van der Waals surface area (Å²) in [4.78, 5) is 0. The SMILES string of the molecule is CCC(CC)C(CCc1ccc2c(c1)CCO2)NC. The quantitative estimate of drug-likeness (QED) is 0.810. The van der Waals surface area contributed by atoms with Gasteiger partial charge in [0.2, 0.25) is 0 Å². The van der Waals surface area contributed by atoms with Crippen LogP contribution in [0.5, 0.6) is 5.75 Å². The van der Waals surface area contributed by atoms with Gasteiger partial charge in [-0.3, -0.25) is 0 Å². The minimum absolute atomic E-state index is 0.638. The number of fused-ring (bicyclic) bond motifs is 1. The Hall–Kier alpha value is -1.02. The van der Waals surface area contributed by atoms with Gasteiger partial charge in [-0.05, 0) is 43.0 Å². The van der Waals surface area contributed by atoms with Crippen LogP contribution < -0.4 is 10.1 Å². The first-order valence-electron chi connectivity index (χ1n) is 7.70. The Bertz CT molecular complexity index is 398. The topological polar surface area (TPSA) is 21.3 Å². The maximum absolute atomic E-state index is 5.56. The molecule has 1 aromatic rings. The lowest BCUT2D eigenvalue weighted by Crippen LogP contribution is -2.33. The van der Waals surface area contributed by atoms with Crippen LogP contribution in [-0.2, 0) is 12.8 Å². The van der Waals surface area contributed by atoms with E-state index in [0.29, 0.717) is 6.04 Å². The van der Waals surface area contributed by atoms with E-state index in [1.165, 1.54) is 30.4 Å². The van der Waals surface area contributed by atoms with Crippen molar-refractivity contribution in [1.29, 1.82) is 0 Å². The number of hydrogen-bond acceptors (Lipinski definition) is 2. The summed E-state index contributed by atoms with van der Waals surface area (Å²) in [6, 6.07) is 7.34. The first-order chi connectivity index (χ1) is 9.28. The third-order valence-electron chi connectivity index (χ3n) is 4.49. The largest absolute Gasteiger partial charge is 0.493 e. The van der Waals surface area contributed by atoms with Crippen LogP contribution >= 0.6 is 0 Å². The van der Waals surface area contributed by atoms with Gasteiger partial charge in [-0.25, -0.2) is 0 Å². The van der Waals surface area contributed by atoms with Gasteiger partial charge in [-0.1, -0.05) is 38.8 Å². The van der Waals surface area contributed by atoms with Crippen molar-refractivity contribution in [3.05, 3.63) is 29.3 Å². The average Bonchev–Trinajstić information content (AvgIpc) is 2.90. The summed E-state index contributed by atoms with van der Waals surface area (Å²) in [5.41, 5.74) is 2.84. The fourth-order valence-electron chi connectivity index (χ4n) is 3.19. The molecule has 1 aromatic carbocycles. The Labute approximate surface area is 117 Å². The fourth-order valence-corrected chi connectivity index (χ4v) is 3.19. The Morgan fingerprint density at radius 1 is 1.26 bits per heavy atom. The van der Waals surface area contributed by atoms with Crippen LogP contribution in [0.1, 0.15) is 44.2 Å². The van der Waals surface area contributed by atoms with E-state index in [-0.39, 0.29) is 0 Å². The monoisotopic (exact) mass is 261 g/mol. The van der Waals surface area contributed by atoms with E-state index in [4.69, 9.17) is 4.74 Å². The van der Waals surface area contributed by atoms with Gasteiger partial charge in [0.15, 0.2) is 0 Å². The molecule has 1 aliphatic rings. The second-order valence-corrected chi connectivity index (χ2v) is 5.55. The van der Waals surface area contributed by atoms with E-state index < -0.39 is 0 Å². The van der Waals surface area contributed by atoms with Gasteiger partial charge in [0, 0.05) is 12.5 Å². The van der Waals surface area contributed by atoms with Crippen molar-refractivity contribution in [2.75, 3.05) is 13.7 Å². The lowest BCUT2D eigenvalue weighted by molar-refractivity contribution is 0.334. The van der Waals surface area contributed by atoms with Gasteiger partial charge < -0.3 is 10.1 Å². The van der Waals surface area contributed by atoms with E-state index in [9.17, 15) is 0 Å². The zero-order valence-electron chi connectivity index (χ0n) is 12.5. The van der Waals surface area contributed by atoms with Gasteiger partial charge in [-0.2, -0.15) is 0 Å². The van der Waals surface area contributed by atoms with Crippen molar-refractivity contribution >= 4 is 0 Å². The fraction of sp³-hybridized carbons (Fsp3) is 0.647. The minimum Gasteiger partial charge on any atom is -0.493 e. The number of ether oxygens (including phenoxy) is 1. The molecule has 0 spiro atoms. The van der Waals surface area contributed by atoms with Crippen LogP contribution in [0.25, 0.3) is 0 Å². The van der Waals surface area contributed by atoms with Crippen molar-refractivity contribution in [2.24, 2.45) is 5.92 Å². The van der Waals surface area contributed by atoms with Crippen LogP contribution in [0.15, 0.2) is 18.2 Å². The van der Waals surface area contributed by atoms with Crippen molar-refractivity contribution in [2.45, 2.75) is 52.0 Å². The predicted octanol–water partition coefficient (Wildman–Crippen LogP) is 3.58. The highest BCUT2D eigenvalue weighted by Gasteiger charge is 2.17. The minimum atomic E-state index is 0.638. The Morgan fingerprint density at radius 2 is 2.05 bits per heavy atom. The molecule has 0 saturated carbocycles. The van der Waals surface area contributed by atoms with Crippen molar-refractivity contribution in [3.63, 3.8) is 0 Å². The molecule has 19 heavy (non-hydrogen) atoms. The number of benzene rings is 1. The summed E-state index contributed by atoms with van der Waals surface area (Å²) in [5.74, 6) is 1.89. The zero-order valence-corrected chi connectivity index (χ0v) is 12.5. The molecule has 0 radical (unpaired) electrons. The van der Waals surface area contributed by atoms with Crippen molar-refractivity contribution in [3.8, 4) is 5.75 Å². The number of aryl methyl sites for hydroxylation is 1. The second kappa shape index (κ2) is 6.95. The highest BCUT2D eigenvalue weighted by atomic mass is 16.5. The summed E-state index contributed by atoms with van der Waals surface area (Å²) in [6.45, 7) is 5.45. The molecule has 1 atom stereocenters. The predicted molar refractivity (Wildman–Crippen MR) is 80.9 cm³/mol. The molecular weight excluding hydrogens is 234 g/mol. The Morgan fingerprint density at radius 3 is 2.74 bits per heavy atom. The van der Waals surface area contributed by atoms with Crippen LogP contribution in [0.3, 0.4) is 0 Å². The number of hydrogen-bond donors (Lipinski definition) is 1. The molecule has 2 rings (SSSR count). The third kappa shape index (κ3) is 3.50. The molecule has 106 valence electrons. The average molecular weight is 261 g/mol. The molecule has 0 aromatic heterocycles. The van der Waals surface area contributed by atoms with E-state index >= 15 is 0 Å². The maximum Gasteiger partial charge on any atom is 0.122 e. The number of nitrogens with one attached hydrogen (secondary N) is 1. The van der Waals surface area contributed by atoms with Crippen LogP contribution in [0.4, 0.5) is 0 Å². The van der Waals surface area contributed by atoms with Gasteiger partial charge in [0.1, 0.15) is 5.75 Å². The van der Waals surface area contributed by atoms with Crippen LogP contribution in [0, 0.1) is 5.92 Å². The standard InChI is InChI=1S/C17H27NO/c1-4-14(5-2)16(18-3)8-6-13-7-9-17-15(12-13)10-11-19-17/h7,9,12,14,16,18H,4-6,8,10-11H2,1-3H3. The normalized spacial score (nSPS) is 15.4. The molecule has 0 aliphatic carbocycles. The molecular formula is C17H27NO. The molecule has 2 heteroatoms. The van der Waals surface area contributed by atoms with Crippen molar-refractivity contribution in [1.82, 2.24) is 5.32 Å². The molecule has 0 amide bonds. The van der Waals surface area contributed by atoms with Gasteiger partial charge >= 0.3 is 0 Å². The summed E-state index contributed by atoms with van der Waals surface area (Å²) >= 11 is 0. The highest BCUT2D eigenvalue weighted by Crippen LogP contribution is 2.27. The Balaban J connectivity index is 1.93. The van der Waals surface area contributed by atoms with E-state index in [1.54, 1.807) is 0 Å². The molecule has 1 aliphatic heterocycles. The van der Waals surface area contributed by atoms with Gasteiger partial charge in [-0.15, -0.1) is 0 Å². The summed E-state index contributed by atoms with van der Waals surface area (Å²) < 4.78 is 5.56. The molecule has 1 unspecified atom stereocenters. The summed E-state index contributed by atoms with van der Waals surface area (Å²) in [6.07, 6.45) is 5.99. The number of rotatable bonds is 7. The summed E-state index contributed by atoms with van der Waals surface area (Å²) in [5, 5.41) is 3.50. The molecule has 0 fully saturated rings. The van der Waals surface area contributed by atoms with Gasteiger partial charge in [0.05, 0.1) is 6.61 Å². The molecule has 2 nitrogen and oxygen atoms in total.